The fourth-order valence-electron chi connectivity index (χ4n) is 3.71. The van der Waals surface area contributed by atoms with Gasteiger partial charge in [-0.05, 0) is 31.9 Å². The molecule has 1 atom stereocenters. The zero-order valence-electron chi connectivity index (χ0n) is 19.7. The van der Waals surface area contributed by atoms with E-state index in [2.05, 4.69) is 28.6 Å². The molecule has 2 heterocycles. The molecule has 182 valence electrons. The van der Waals surface area contributed by atoms with Crippen LogP contribution in [0.25, 0.3) is 11.4 Å². The van der Waals surface area contributed by atoms with Crippen LogP contribution in [0.2, 0.25) is 0 Å². The van der Waals surface area contributed by atoms with Crippen molar-refractivity contribution >= 4 is 27.9 Å². The van der Waals surface area contributed by atoms with Gasteiger partial charge in [0.1, 0.15) is 6.61 Å². The summed E-state index contributed by atoms with van der Waals surface area (Å²) in [5.74, 6) is 1.45. The first-order chi connectivity index (χ1) is 15.8. The third kappa shape index (κ3) is 5.70. The quantitative estimate of drug-likeness (QED) is 0.325. The summed E-state index contributed by atoms with van der Waals surface area (Å²) in [5.41, 5.74) is 0.725. The first kappa shape index (κ1) is 25.5. The van der Waals surface area contributed by atoms with Gasteiger partial charge in [-0.1, -0.05) is 44.7 Å². The molecule has 9 nitrogen and oxygen atoms in total. The van der Waals surface area contributed by atoms with Crippen LogP contribution in [0.3, 0.4) is 0 Å². The largest absolute Gasteiger partial charge is 0.448 e. The SMILES string of the molecule is CCC(C)n1c(SCCCN2CCOC2=O)nnc1-c1cccc(S(=O)(=O)N(CC)CC)c1. The van der Waals surface area contributed by atoms with Crippen LogP contribution >= 0.6 is 11.8 Å². The van der Waals surface area contributed by atoms with Crippen LogP contribution in [0, 0.1) is 0 Å². The van der Waals surface area contributed by atoms with Crippen LogP contribution in [0.1, 0.15) is 46.6 Å². The van der Waals surface area contributed by atoms with Crippen molar-refractivity contribution in [3.05, 3.63) is 24.3 Å². The molecule has 0 N–H and O–H groups in total. The average molecular weight is 496 g/mol. The van der Waals surface area contributed by atoms with Gasteiger partial charge in [0.05, 0.1) is 11.4 Å². The predicted molar refractivity (Wildman–Crippen MR) is 129 cm³/mol. The van der Waals surface area contributed by atoms with Crippen molar-refractivity contribution < 1.29 is 17.9 Å². The summed E-state index contributed by atoms with van der Waals surface area (Å²) in [6, 6.07) is 7.08. The van der Waals surface area contributed by atoms with E-state index < -0.39 is 10.0 Å². The maximum Gasteiger partial charge on any atom is 0.409 e. The van der Waals surface area contributed by atoms with Crippen LogP contribution in [0.4, 0.5) is 4.79 Å². The number of benzene rings is 1. The van der Waals surface area contributed by atoms with E-state index in [0.717, 1.165) is 29.3 Å². The maximum absolute atomic E-state index is 13.0. The Morgan fingerprint density at radius 3 is 2.61 bits per heavy atom. The Morgan fingerprint density at radius 1 is 1.21 bits per heavy atom. The summed E-state index contributed by atoms with van der Waals surface area (Å²) >= 11 is 1.60. The molecule has 1 amide bonds. The van der Waals surface area contributed by atoms with Crippen LogP contribution in [0.5, 0.6) is 0 Å². The molecule has 33 heavy (non-hydrogen) atoms. The van der Waals surface area contributed by atoms with Gasteiger partial charge in [0.15, 0.2) is 11.0 Å². The number of amides is 1. The van der Waals surface area contributed by atoms with Crippen LogP contribution < -0.4 is 0 Å². The number of hydrogen-bond donors (Lipinski definition) is 0. The number of carbonyl (C=O) groups is 1. The summed E-state index contributed by atoms with van der Waals surface area (Å²) in [6.45, 7) is 10.5. The van der Waals surface area contributed by atoms with Gasteiger partial charge in [-0.2, -0.15) is 4.31 Å². The lowest BCUT2D eigenvalue weighted by molar-refractivity contribution is 0.158. The Labute approximate surface area is 200 Å². The van der Waals surface area contributed by atoms with Crippen molar-refractivity contribution in [2.45, 2.75) is 56.6 Å². The van der Waals surface area contributed by atoms with E-state index in [1.807, 2.05) is 19.9 Å². The van der Waals surface area contributed by atoms with Crippen LogP contribution in [-0.4, -0.2) is 77.0 Å². The fourth-order valence-corrected chi connectivity index (χ4v) is 6.17. The highest BCUT2D eigenvalue weighted by Gasteiger charge is 2.24. The van der Waals surface area contributed by atoms with E-state index in [4.69, 9.17) is 4.74 Å². The fraction of sp³-hybridized carbons (Fsp3) is 0.591. The van der Waals surface area contributed by atoms with Crippen molar-refractivity contribution in [3.8, 4) is 11.4 Å². The number of sulfonamides is 1. The monoisotopic (exact) mass is 495 g/mol. The highest BCUT2D eigenvalue weighted by molar-refractivity contribution is 7.99. The van der Waals surface area contributed by atoms with Gasteiger partial charge < -0.3 is 9.64 Å². The van der Waals surface area contributed by atoms with Gasteiger partial charge in [0, 0.05) is 37.0 Å². The van der Waals surface area contributed by atoms with Crippen molar-refractivity contribution in [1.29, 1.82) is 0 Å². The summed E-state index contributed by atoms with van der Waals surface area (Å²) in [7, 11) is -3.57. The standard InChI is InChI=1S/C22H33N5O4S2/c1-5-17(4)27-20(18-10-8-11-19(16-18)33(29,30)26(6-2)7-3)23-24-21(27)32-15-9-12-25-13-14-31-22(25)28/h8,10-11,16-17H,5-7,9,12-15H2,1-4H3. The van der Waals surface area contributed by atoms with E-state index in [9.17, 15) is 13.2 Å². The minimum Gasteiger partial charge on any atom is -0.448 e. The lowest BCUT2D eigenvalue weighted by Gasteiger charge is -2.19. The van der Waals surface area contributed by atoms with Crippen LogP contribution in [-0.2, 0) is 14.8 Å². The summed E-state index contributed by atoms with van der Waals surface area (Å²) in [5, 5.41) is 9.64. The molecular formula is C22H33N5O4S2. The molecule has 0 radical (unpaired) electrons. The molecule has 1 aromatic carbocycles. The van der Waals surface area contributed by atoms with E-state index in [1.165, 1.54) is 4.31 Å². The van der Waals surface area contributed by atoms with Gasteiger partial charge in [0.2, 0.25) is 10.0 Å². The first-order valence-corrected chi connectivity index (χ1v) is 13.9. The molecule has 0 aliphatic carbocycles. The topological polar surface area (TPSA) is 97.6 Å². The molecule has 1 aliphatic rings. The normalized spacial score (nSPS) is 15.3. The second kappa shape index (κ2) is 11.3. The van der Waals surface area contributed by atoms with Gasteiger partial charge in [-0.3, -0.25) is 4.57 Å². The smallest absolute Gasteiger partial charge is 0.409 e. The second-order valence-corrected chi connectivity index (χ2v) is 10.9. The Balaban J connectivity index is 1.82. The van der Waals surface area contributed by atoms with Crippen LogP contribution in [0.15, 0.2) is 34.3 Å². The van der Waals surface area contributed by atoms with Crippen molar-refractivity contribution in [2.75, 3.05) is 38.5 Å². The summed E-state index contributed by atoms with van der Waals surface area (Å²) in [6.07, 6.45) is 1.46. The zero-order chi connectivity index (χ0) is 24.0. The lowest BCUT2D eigenvalue weighted by Crippen LogP contribution is -2.30. The van der Waals surface area contributed by atoms with Gasteiger partial charge >= 0.3 is 6.09 Å². The number of cyclic esters (lactones) is 1. The predicted octanol–water partition coefficient (Wildman–Crippen LogP) is 3.88. The number of carbonyl (C=O) groups excluding carboxylic acids is 1. The molecular weight excluding hydrogens is 462 g/mol. The number of thioether (sulfide) groups is 1. The van der Waals surface area contributed by atoms with Gasteiger partial charge in [0.25, 0.3) is 0 Å². The molecule has 3 rings (SSSR count). The number of nitrogens with zero attached hydrogens (tertiary/aromatic N) is 5. The Bertz CT molecular complexity index is 1050. The second-order valence-electron chi connectivity index (χ2n) is 7.85. The average Bonchev–Trinajstić information content (AvgIpc) is 3.43. The van der Waals surface area contributed by atoms with Crippen molar-refractivity contribution in [2.24, 2.45) is 0 Å². The van der Waals surface area contributed by atoms with E-state index in [1.54, 1.807) is 34.9 Å². The Hall–Kier alpha value is -2.11. The molecule has 0 bridgehead atoms. The minimum atomic E-state index is -3.57. The molecule has 1 aromatic heterocycles. The van der Waals surface area contributed by atoms with Gasteiger partial charge in [-0.15, -0.1) is 10.2 Å². The molecule has 0 spiro atoms. The number of ether oxygens (including phenoxy) is 1. The highest BCUT2D eigenvalue weighted by atomic mass is 32.2. The molecule has 0 saturated carbocycles. The molecule has 1 unspecified atom stereocenters. The first-order valence-electron chi connectivity index (χ1n) is 11.4. The number of rotatable bonds is 12. The number of aromatic nitrogens is 3. The van der Waals surface area contributed by atoms with Gasteiger partial charge in [-0.25, -0.2) is 13.2 Å². The zero-order valence-corrected chi connectivity index (χ0v) is 21.4. The molecule has 2 aromatic rings. The molecule has 1 saturated heterocycles. The minimum absolute atomic E-state index is 0.147. The lowest BCUT2D eigenvalue weighted by atomic mass is 10.2. The Morgan fingerprint density at radius 2 is 1.97 bits per heavy atom. The van der Waals surface area contributed by atoms with Crippen molar-refractivity contribution in [3.63, 3.8) is 0 Å². The van der Waals surface area contributed by atoms with Crippen molar-refractivity contribution in [1.82, 2.24) is 24.0 Å². The van der Waals surface area contributed by atoms with E-state index in [-0.39, 0.29) is 17.0 Å². The third-order valence-corrected chi connectivity index (χ3v) is 8.86. The Kier molecular flexibility index (Phi) is 8.77. The van der Waals surface area contributed by atoms with E-state index in [0.29, 0.717) is 38.6 Å². The summed E-state index contributed by atoms with van der Waals surface area (Å²) in [4.78, 5) is 13.6. The molecule has 1 fully saturated rings. The molecule has 1 aliphatic heterocycles. The number of hydrogen-bond acceptors (Lipinski definition) is 7. The third-order valence-electron chi connectivity index (χ3n) is 5.78. The summed E-state index contributed by atoms with van der Waals surface area (Å²) < 4.78 is 34.5. The van der Waals surface area contributed by atoms with E-state index >= 15 is 0 Å². The molecule has 11 heteroatoms. The highest BCUT2D eigenvalue weighted by Crippen LogP contribution is 2.31. The maximum atomic E-state index is 13.0.